The highest BCUT2D eigenvalue weighted by Gasteiger charge is 2.14. The first kappa shape index (κ1) is 11.2. The van der Waals surface area contributed by atoms with Crippen LogP contribution in [0, 0.1) is 0 Å². The van der Waals surface area contributed by atoms with Crippen molar-refractivity contribution in [2.24, 2.45) is 0 Å². The SMILES string of the molecule is CC(C)(C)c1cccc(C2=CCCC=C2)c1. The Kier molecular flexibility index (Phi) is 3.00. The fraction of sp³-hybridized carbons (Fsp3) is 0.375. The number of rotatable bonds is 1. The summed E-state index contributed by atoms with van der Waals surface area (Å²) in [5.74, 6) is 0. The van der Waals surface area contributed by atoms with Crippen LogP contribution in [0.1, 0.15) is 44.7 Å². The molecule has 0 aliphatic heterocycles. The second-order valence-electron chi connectivity index (χ2n) is 5.47. The van der Waals surface area contributed by atoms with Crippen molar-refractivity contribution < 1.29 is 0 Å². The lowest BCUT2D eigenvalue weighted by molar-refractivity contribution is 0.590. The van der Waals surface area contributed by atoms with Crippen LogP contribution >= 0.6 is 0 Å². The second-order valence-corrected chi connectivity index (χ2v) is 5.47. The molecule has 0 bridgehead atoms. The molecular formula is C16H20. The minimum Gasteiger partial charge on any atom is -0.0836 e. The summed E-state index contributed by atoms with van der Waals surface area (Å²) in [6.45, 7) is 6.78. The van der Waals surface area contributed by atoms with Crippen LogP contribution in [0.15, 0.2) is 42.5 Å². The fourth-order valence-electron chi connectivity index (χ4n) is 1.99. The van der Waals surface area contributed by atoms with Gasteiger partial charge in [0.2, 0.25) is 0 Å². The lowest BCUT2D eigenvalue weighted by Gasteiger charge is -2.20. The van der Waals surface area contributed by atoms with Crippen LogP contribution in [-0.2, 0) is 5.41 Å². The molecule has 0 aromatic heterocycles. The van der Waals surface area contributed by atoms with Gasteiger partial charge < -0.3 is 0 Å². The molecule has 16 heavy (non-hydrogen) atoms. The van der Waals surface area contributed by atoms with Crippen molar-refractivity contribution >= 4 is 5.57 Å². The molecule has 0 nitrogen and oxygen atoms in total. The molecule has 1 aromatic carbocycles. The Morgan fingerprint density at radius 2 is 1.88 bits per heavy atom. The van der Waals surface area contributed by atoms with E-state index in [0.29, 0.717) is 0 Å². The van der Waals surface area contributed by atoms with Crippen LogP contribution in [0.5, 0.6) is 0 Å². The van der Waals surface area contributed by atoms with Gasteiger partial charge in [-0.25, -0.2) is 0 Å². The van der Waals surface area contributed by atoms with Gasteiger partial charge in [-0.05, 0) is 35.0 Å². The Labute approximate surface area is 98.7 Å². The summed E-state index contributed by atoms with van der Waals surface area (Å²) in [6.07, 6.45) is 9.19. The summed E-state index contributed by atoms with van der Waals surface area (Å²) in [5, 5.41) is 0. The Bertz CT molecular complexity index is 428. The van der Waals surface area contributed by atoms with Gasteiger partial charge in [0.1, 0.15) is 0 Å². The van der Waals surface area contributed by atoms with Crippen LogP contribution in [-0.4, -0.2) is 0 Å². The summed E-state index contributed by atoms with van der Waals surface area (Å²) in [5.41, 5.74) is 4.36. The van der Waals surface area contributed by atoms with Crippen molar-refractivity contribution in [3.8, 4) is 0 Å². The number of hydrogen-bond acceptors (Lipinski definition) is 0. The van der Waals surface area contributed by atoms with Gasteiger partial charge in [0.25, 0.3) is 0 Å². The quantitative estimate of drug-likeness (QED) is 0.632. The van der Waals surface area contributed by atoms with E-state index in [2.05, 4.69) is 63.3 Å². The number of hydrogen-bond donors (Lipinski definition) is 0. The molecule has 0 saturated carbocycles. The zero-order valence-corrected chi connectivity index (χ0v) is 10.5. The van der Waals surface area contributed by atoms with Crippen molar-refractivity contribution in [2.45, 2.75) is 39.0 Å². The topological polar surface area (TPSA) is 0 Å². The Balaban J connectivity index is 2.36. The van der Waals surface area contributed by atoms with Crippen LogP contribution in [0.3, 0.4) is 0 Å². The zero-order valence-electron chi connectivity index (χ0n) is 10.5. The molecule has 0 amide bonds. The molecule has 0 radical (unpaired) electrons. The summed E-state index contributed by atoms with van der Waals surface area (Å²) in [6, 6.07) is 8.91. The van der Waals surface area contributed by atoms with Gasteiger partial charge in [0, 0.05) is 0 Å². The maximum atomic E-state index is 2.34. The minimum atomic E-state index is 0.231. The third-order valence-electron chi connectivity index (χ3n) is 3.06. The van der Waals surface area contributed by atoms with Crippen molar-refractivity contribution in [1.82, 2.24) is 0 Å². The molecule has 0 spiro atoms. The molecule has 0 fully saturated rings. The average Bonchev–Trinajstić information content (AvgIpc) is 2.29. The Hall–Kier alpha value is -1.30. The first-order chi connectivity index (χ1) is 7.57. The molecular weight excluding hydrogens is 192 g/mol. The molecule has 0 heterocycles. The molecule has 0 heteroatoms. The van der Waals surface area contributed by atoms with Gasteiger partial charge in [-0.3, -0.25) is 0 Å². The van der Waals surface area contributed by atoms with Crippen molar-refractivity contribution in [3.05, 3.63) is 53.6 Å². The smallest absolute Gasteiger partial charge is 0.0132 e. The first-order valence-corrected chi connectivity index (χ1v) is 6.05. The average molecular weight is 212 g/mol. The first-order valence-electron chi connectivity index (χ1n) is 6.05. The van der Waals surface area contributed by atoms with Gasteiger partial charge in [-0.1, -0.05) is 63.3 Å². The Morgan fingerprint density at radius 1 is 1.06 bits per heavy atom. The van der Waals surface area contributed by atoms with Crippen molar-refractivity contribution in [1.29, 1.82) is 0 Å². The molecule has 1 aliphatic carbocycles. The van der Waals surface area contributed by atoms with E-state index in [0.717, 1.165) is 0 Å². The van der Waals surface area contributed by atoms with Gasteiger partial charge in [-0.2, -0.15) is 0 Å². The summed E-state index contributed by atoms with van der Waals surface area (Å²) < 4.78 is 0. The standard InChI is InChI=1S/C16H20/c1-16(2,3)15-11-7-10-14(12-15)13-8-5-4-6-9-13/h5,7-12H,4,6H2,1-3H3. The van der Waals surface area contributed by atoms with Crippen molar-refractivity contribution in [3.63, 3.8) is 0 Å². The largest absolute Gasteiger partial charge is 0.0836 e. The van der Waals surface area contributed by atoms with E-state index in [4.69, 9.17) is 0 Å². The van der Waals surface area contributed by atoms with E-state index < -0.39 is 0 Å². The van der Waals surface area contributed by atoms with E-state index in [1.807, 2.05) is 0 Å². The second kappa shape index (κ2) is 4.29. The molecule has 0 atom stereocenters. The van der Waals surface area contributed by atoms with Crippen molar-refractivity contribution in [2.75, 3.05) is 0 Å². The molecule has 1 aromatic rings. The summed E-state index contributed by atoms with van der Waals surface area (Å²) >= 11 is 0. The number of allylic oxidation sites excluding steroid dienone is 4. The van der Waals surface area contributed by atoms with Crippen LogP contribution < -0.4 is 0 Å². The highest BCUT2D eigenvalue weighted by Crippen LogP contribution is 2.27. The Morgan fingerprint density at radius 3 is 2.50 bits per heavy atom. The third kappa shape index (κ3) is 2.44. The van der Waals surface area contributed by atoms with Gasteiger partial charge in [-0.15, -0.1) is 0 Å². The molecule has 2 rings (SSSR count). The zero-order chi connectivity index (χ0) is 11.6. The molecule has 0 unspecified atom stereocenters. The van der Waals surface area contributed by atoms with E-state index in [1.54, 1.807) is 0 Å². The van der Waals surface area contributed by atoms with Crippen LogP contribution in [0.25, 0.3) is 5.57 Å². The lowest BCUT2D eigenvalue weighted by atomic mass is 9.85. The molecule has 84 valence electrons. The normalized spacial score (nSPS) is 16.1. The van der Waals surface area contributed by atoms with E-state index >= 15 is 0 Å². The predicted molar refractivity (Wildman–Crippen MR) is 71.5 cm³/mol. The molecule has 0 saturated heterocycles. The predicted octanol–water partition coefficient (Wildman–Crippen LogP) is 4.72. The third-order valence-corrected chi connectivity index (χ3v) is 3.06. The van der Waals surface area contributed by atoms with Crippen LogP contribution in [0.4, 0.5) is 0 Å². The van der Waals surface area contributed by atoms with Gasteiger partial charge >= 0.3 is 0 Å². The number of benzene rings is 1. The maximum Gasteiger partial charge on any atom is -0.0132 e. The monoisotopic (exact) mass is 212 g/mol. The highest BCUT2D eigenvalue weighted by atomic mass is 14.2. The van der Waals surface area contributed by atoms with Crippen LogP contribution in [0.2, 0.25) is 0 Å². The van der Waals surface area contributed by atoms with Gasteiger partial charge in [0.05, 0.1) is 0 Å². The lowest BCUT2D eigenvalue weighted by Crippen LogP contribution is -2.11. The highest BCUT2D eigenvalue weighted by molar-refractivity contribution is 5.75. The minimum absolute atomic E-state index is 0.231. The fourth-order valence-corrected chi connectivity index (χ4v) is 1.99. The molecule has 0 N–H and O–H groups in total. The van der Waals surface area contributed by atoms with E-state index in [-0.39, 0.29) is 5.41 Å². The van der Waals surface area contributed by atoms with Gasteiger partial charge in [0.15, 0.2) is 0 Å². The summed E-state index contributed by atoms with van der Waals surface area (Å²) in [7, 11) is 0. The van der Waals surface area contributed by atoms with E-state index in [1.165, 1.54) is 29.5 Å². The maximum absolute atomic E-state index is 2.34. The summed E-state index contributed by atoms with van der Waals surface area (Å²) in [4.78, 5) is 0. The van der Waals surface area contributed by atoms with E-state index in [9.17, 15) is 0 Å². The molecule has 1 aliphatic rings.